The van der Waals surface area contributed by atoms with Crippen molar-refractivity contribution in [1.29, 1.82) is 0 Å². The molecule has 3 aromatic rings. The molecule has 0 fully saturated rings. The topological polar surface area (TPSA) is 126 Å². The van der Waals surface area contributed by atoms with Crippen LogP contribution in [0.25, 0.3) is 10.9 Å². The van der Waals surface area contributed by atoms with Crippen LogP contribution in [0.2, 0.25) is 5.02 Å². The van der Waals surface area contributed by atoms with Gasteiger partial charge < -0.3 is 9.47 Å². The van der Waals surface area contributed by atoms with E-state index in [0.717, 1.165) is 4.47 Å². The molecule has 0 bridgehead atoms. The number of fused-ring (bicyclic) bond motifs is 1. The Kier molecular flexibility index (Phi) is 8.80. The Labute approximate surface area is 220 Å². The third kappa shape index (κ3) is 6.27. The van der Waals surface area contributed by atoms with Gasteiger partial charge in [-0.3, -0.25) is 14.9 Å². The van der Waals surface area contributed by atoms with E-state index in [1.54, 1.807) is 32.0 Å². The molecule has 0 spiro atoms. The van der Waals surface area contributed by atoms with Crippen LogP contribution >= 0.6 is 27.5 Å². The predicted molar refractivity (Wildman–Crippen MR) is 140 cm³/mol. The van der Waals surface area contributed by atoms with Crippen molar-refractivity contribution < 1.29 is 19.2 Å². The summed E-state index contributed by atoms with van der Waals surface area (Å²) in [4.78, 5) is 40.7. The summed E-state index contributed by atoms with van der Waals surface area (Å²) in [6.07, 6.45) is 1.64. The summed E-state index contributed by atoms with van der Waals surface area (Å²) < 4.78 is 12.2. The largest absolute Gasteiger partial charge is 0.474 e. The highest BCUT2D eigenvalue weighted by atomic mass is 79.9. The third-order valence-electron chi connectivity index (χ3n) is 5.15. The van der Waals surface area contributed by atoms with Crippen molar-refractivity contribution in [3.63, 3.8) is 0 Å². The fraction of sp³-hybridized carbons (Fsp3) is 0.333. The molecule has 3 rings (SSSR count). The van der Waals surface area contributed by atoms with Gasteiger partial charge in [0, 0.05) is 22.0 Å². The van der Waals surface area contributed by atoms with Crippen molar-refractivity contribution in [3.05, 3.63) is 71.7 Å². The summed E-state index contributed by atoms with van der Waals surface area (Å²) >= 11 is 9.61. The van der Waals surface area contributed by atoms with Crippen molar-refractivity contribution in [2.45, 2.75) is 46.1 Å². The number of aromatic nitrogens is 2. The van der Waals surface area contributed by atoms with Crippen LogP contribution in [-0.2, 0) is 9.53 Å². The van der Waals surface area contributed by atoms with E-state index in [9.17, 15) is 19.7 Å². The van der Waals surface area contributed by atoms with E-state index in [1.807, 2.05) is 13.8 Å². The van der Waals surface area contributed by atoms with E-state index in [0.29, 0.717) is 23.1 Å². The first-order chi connectivity index (χ1) is 17.0. The Morgan fingerprint density at radius 3 is 2.67 bits per heavy atom. The highest BCUT2D eigenvalue weighted by Crippen LogP contribution is 2.36. The van der Waals surface area contributed by atoms with Crippen molar-refractivity contribution in [2.24, 2.45) is 5.10 Å². The predicted octanol–water partition coefficient (Wildman–Crippen LogP) is 5.45. The van der Waals surface area contributed by atoms with Crippen molar-refractivity contribution in [1.82, 2.24) is 9.66 Å². The second-order valence-electron chi connectivity index (χ2n) is 8.24. The number of carbonyl (C=O) groups is 1. The number of hydrogen-bond donors (Lipinski definition) is 0. The number of nitro benzene ring substituents is 1. The van der Waals surface area contributed by atoms with Crippen molar-refractivity contribution in [2.75, 3.05) is 6.61 Å². The number of nitro groups is 1. The quantitative estimate of drug-likeness (QED) is 0.143. The molecule has 1 atom stereocenters. The highest BCUT2D eigenvalue weighted by Gasteiger charge is 2.22. The molecule has 12 heteroatoms. The van der Waals surface area contributed by atoms with E-state index in [2.05, 4.69) is 26.0 Å². The smallest absolute Gasteiger partial charge is 0.344 e. The van der Waals surface area contributed by atoms with E-state index >= 15 is 0 Å². The van der Waals surface area contributed by atoms with Crippen LogP contribution in [0.1, 0.15) is 51.4 Å². The summed E-state index contributed by atoms with van der Waals surface area (Å²) in [5.41, 5.74) is -0.0466. The lowest BCUT2D eigenvalue weighted by Crippen LogP contribution is -2.23. The Balaban J connectivity index is 2.04. The van der Waals surface area contributed by atoms with Crippen molar-refractivity contribution in [3.8, 4) is 5.75 Å². The van der Waals surface area contributed by atoms with Crippen LogP contribution in [0.5, 0.6) is 5.75 Å². The minimum absolute atomic E-state index is 0.0813. The molecular weight excluding hydrogens is 556 g/mol. The first-order valence-electron chi connectivity index (χ1n) is 11.1. The Bertz CT molecular complexity index is 1410. The van der Waals surface area contributed by atoms with Gasteiger partial charge in [0.05, 0.1) is 33.2 Å². The maximum absolute atomic E-state index is 13.3. The first kappa shape index (κ1) is 27.3. The summed E-state index contributed by atoms with van der Waals surface area (Å²) in [6, 6.07) is 7.79. The van der Waals surface area contributed by atoms with Gasteiger partial charge >= 0.3 is 11.7 Å². The minimum Gasteiger partial charge on any atom is -0.474 e. The zero-order valence-electron chi connectivity index (χ0n) is 20.0. The summed E-state index contributed by atoms with van der Waals surface area (Å²) in [7, 11) is 0. The lowest BCUT2D eigenvalue weighted by molar-refractivity contribution is -0.385. The molecule has 0 unspecified atom stereocenters. The molecule has 2 aromatic carbocycles. The van der Waals surface area contributed by atoms with Gasteiger partial charge in [-0.05, 0) is 44.5 Å². The number of nitrogens with zero attached hydrogens (tertiary/aromatic N) is 4. The number of halogens is 2. The molecule has 0 N–H and O–H groups in total. The van der Waals surface area contributed by atoms with Gasteiger partial charge in [0.2, 0.25) is 5.75 Å². The molecule has 1 aromatic heterocycles. The van der Waals surface area contributed by atoms with E-state index in [4.69, 9.17) is 21.1 Å². The SMILES string of the molecule is CC[C@H](C)c1nc2ccc(Br)cc2c(=O)n1N=Cc1cc(Cl)c(OCC(=O)OC(C)C)c([N+](=O)[O-])c1. The number of carbonyl (C=O) groups excluding carboxylic acids is 1. The van der Waals surface area contributed by atoms with Crippen LogP contribution in [0.3, 0.4) is 0 Å². The molecule has 0 amide bonds. The molecule has 0 radical (unpaired) electrons. The van der Waals surface area contributed by atoms with Gasteiger partial charge in [-0.25, -0.2) is 9.78 Å². The zero-order chi connectivity index (χ0) is 26.6. The fourth-order valence-electron chi connectivity index (χ4n) is 3.28. The van der Waals surface area contributed by atoms with Gasteiger partial charge in [-0.1, -0.05) is 41.4 Å². The minimum atomic E-state index is -0.687. The summed E-state index contributed by atoms with van der Waals surface area (Å²) in [5, 5.41) is 16.3. The van der Waals surface area contributed by atoms with Crippen LogP contribution in [0.4, 0.5) is 5.69 Å². The number of ether oxygens (including phenoxy) is 2. The van der Waals surface area contributed by atoms with Gasteiger partial charge in [0.15, 0.2) is 6.61 Å². The molecule has 10 nitrogen and oxygen atoms in total. The molecule has 0 aliphatic heterocycles. The van der Waals surface area contributed by atoms with Crippen LogP contribution in [-0.4, -0.2) is 39.5 Å². The third-order valence-corrected chi connectivity index (χ3v) is 5.93. The van der Waals surface area contributed by atoms with Crippen LogP contribution < -0.4 is 10.3 Å². The average Bonchev–Trinajstić information content (AvgIpc) is 2.81. The van der Waals surface area contributed by atoms with E-state index < -0.39 is 23.2 Å². The second kappa shape index (κ2) is 11.6. The second-order valence-corrected chi connectivity index (χ2v) is 9.56. The molecule has 36 heavy (non-hydrogen) atoms. The van der Waals surface area contributed by atoms with E-state index in [1.165, 1.54) is 23.0 Å². The molecule has 0 saturated heterocycles. The molecule has 190 valence electrons. The Hall–Kier alpha value is -3.31. The normalized spacial score (nSPS) is 12.3. The lowest BCUT2D eigenvalue weighted by atomic mass is 10.1. The number of benzene rings is 2. The Morgan fingerprint density at radius 1 is 1.31 bits per heavy atom. The maximum atomic E-state index is 13.3. The Morgan fingerprint density at radius 2 is 2.03 bits per heavy atom. The maximum Gasteiger partial charge on any atom is 0.344 e. The zero-order valence-corrected chi connectivity index (χ0v) is 22.4. The monoisotopic (exact) mass is 578 g/mol. The number of hydrogen-bond acceptors (Lipinski definition) is 8. The summed E-state index contributed by atoms with van der Waals surface area (Å²) in [5.74, 6) is -0.581. The summed E-state index contributed by atoms with van der Waals surface area (Å²) in [6.45, 7) is 6.69. The van der Waals surface area contributed by atoms with Gasteiger partial charge in [-0.2, -0.15) is 9.78 Å². The molecular formula is C24H24BrClN4O6. The molecule has 1 heterocycles. The standard InChI is InChI=1S/C24H24BrClN4O6/c1-5-14(4)23-28-19-7-6-16(25)10-17(19)24(32)29(23)27-11-15-8-18(26)22(20(9-15)30(33)34)35-12-21(31)36-13(2)3/h6-11,13-14H,5,12H2,1-4H3/t14-/m0/s1. The number of esters is 1. The lowest BCUT2D eigenvalue weighted by Gasteiger charge is -2.14. The van der Waals surface area contributed by atoms with Crippen molar-refractivity contribution >= 4 is 56.3 Å². The molecule has 0 saturated carbocycles. The molecule has 0 aliphatic carbocycles. The highest BCUT2D eigenvalue weighted by molar-refractivity contribution is 9.10. The molecule has 0 aliphatic rings. The average molecular weight is 580 g/mol. The van der Waals surface area contributed by atoms with Gasteiger partial charge in [0.1, 0.15) is 5.82 Å². The van der Waals surface area contributed by atoms with Crippen LogP contribution in [0.15, 0.2) is 44.7 Å². The van der Waals surface area contributed by atoms with Crippen LogP contribution in [0, 0.1) is 10.1 Å². The number of rotatable bonds is 9. The fourth-order valence-corrected chi connectivity index (χ4v) is 3.92. The first-order valence-corrected chi connectivity index (χ1v) is 12.3. The van der Waals surface area contributed by atoms with Gasteiger partial charge in [0.25, 0.3) is 5.56 Å². The van der Waals surface area contributed by atoms with Gasteiger partial charge in [-0.15, -0.1) is 0 Å². The van der Waals surface area contributed by atoms with E-state index in [-0.39, 0.29) is 33.9 Å².